The molecule has 0 radical (unpaired) electrons. The third kappa shape index (κ3) is 3.13. The summed E-state index contributed by atoms with van der Waals surface area (Å²) in [7, 11) is 0. The maximum absolute atomic E-state index is 11.4. The van der Waals surface area contributed by atoms with Crippen LogP contribution in [-0.2, 0) is 9.59 Å². The van der Waals surface area contributed by atoms with Gasteiger partial charge in [-0.25, -0.2) is 0 Å². The second-order valence-electron chi connectivity index (χ2n) is 4.75. The third-order valence-electron chi connectivity index (χ3n) is 3.23. The number of hydrogen-bond acceptors (Lipinski definition) is 7. The van der Waals surface area contributed by atoms with Gasteiger partial charge in [-0.2, -0.15) is 15.0 Å². The highest BCUT2D eigenvalue weighted by Gasteiger charge is 2.23. The van der Waals surface area contributed by atoms with Gasteiger partial charge in [-0.3, -0.25) is 9.59 Å². The molecule has 3 rings (SSSR count). The lowest BCUT2D eigenvalue weighted by Crippen LogP contribution is -2.49. The summed E-state index contributed by atoms with van der Waals surface area (Å²) in [5, 5.41) is 5.51. The summed E-state index contributed by atoms with van der Waals surface area (Å²) in [5.74, 6) is 0.532. The van der Waals surface area contributed by atoms with Crippen LogP contribution in [0.2, 0.25) is 5.28 Å². The van der Waals surface area contributed by atoms with Crippen LogP contribution >= 0.6 is 11.6 Å². The van der Waals surface area contributed by atoms with E-state index in [1.54, 1.807) is 9.80 Å². The van der Waals surface area contributed by atoms with Crippen molar-refractivity contribution in [1.29, 1.82) is 0 Å². The van der Waals surface area contributed by atoms with Crippen LogP contribution in [0.1, 0.15) is 0 Å². The van der Waals surface area contributed by atoms with Crippen molar-refractivity contribution in [1.82, 2.24) is 25.6 Å². The second kappa shape index (κ2) is 5.68. The highest BCUT2D eigenvalue weighted by atomic mass is 35.5. The van der Waals surface area contributed by atoms with E-state index in [0.29, 0.717) is 38.1 Å². The molecule has 112 valence electrons. The fraction of sp³-hybridized carbons (Fsp3) is 0.545. The van der Waals surface area contributed by atoms with Gasteiger partial charge in [0.05, 0.1) is 13.1 Å². The minimum absolute atomic E-state index is 0.0481. The van der Waals surface area contributed by atoms with E-state index in [1.165, 1.54) is 0 Å². The lowest BCUT2D eigenvalue weighted by molar-refractivity contribution is -0.121. The maximum Gasteiger partial charge on any atom is 0.239 e. The predicted molar refractivity (Wildman–Crippen MR) is 75.3 cm³/mol. The van der Waals surface area contributed by atoms with Crippen molar-refractivity contribution in [2.45, 2.75) is 0 Å². The van der Waals surface area contributed by atoms with Gasteiger partial charge >= 0.3 is 0 Å². The summed E-state index contributed by atoms with van der Waals surface area (Å²) in [5.41, 5.74) is 0. The molecule has 21 heavy (non-hydrogen) atoms. The molecule has 10 heteroatoms. The SMILES string of the molecule is O=C1CN(c2nc(Cl)nc(N3CCNC(=O)C3)n2)CCN1. The first-order valence-corrected chi connectivity index (χ1v) is 6.94. The van der Waals surface area contributed by atoms with Gasteiger partial charge < -0.3 is 20.4 Å². The van der Waals surface area contributed by atoms with E-state index in [-0.39, 0.29) is 30.2 Å². The Kier molecular flexibility index (Phi) is 3.74. The lowest BCUT2D eigenvalue weighted by atomic mass is 10.3. The number of carbonyl (C=O) groups excluding carboxylic acids is 2. The molecule has 2 saturated heterocycles. The summed E-state index contributed by atoms with van der Waals surface area (Å²) in [6.45, 7) is 2.63. The van der Waals surface area contributed by atoms with E-state index in [0.717, 1.165) is 0 Å². The quantitative estimate of drug-likeness (QED) is 0.678. The molecule has 0 unspecified atom stereocenters. The smallest absolute Gasteiger partial charge is 0.239 e. The molecule has 2 fully saturated rings. The first-order chi connectivity index (χ1) is 10.1. The molecule has 2 N–H and O–H groups in total. The molecule has 0 aromatic carbocycles. The molecule has 1 aromatic rings. The van der Waals surface area contributed by atoms with E-state index in [2.05, 4.69) is 25.6 Å². The average molecular weight is 312 g/mol. The highest BCUT2D eigenvalue weighted by Crippen LogP contribution is 2.17. The molecule has 0 spiro atoms. The van der Waals surface area contributed by atoms with Crippen LogP contribution in [0.4, 0.5) is 11.9 Å². The van der Waals surface area contributed by atoms with Gasteiger partial charge in [0, 0.05) is 26.2 Å². The van der Waals surface area contributed by atoms with Gasteiger partial charge in [0.1, 0.15) is 0 Å². The fourth-order valence-corrected chi connectivity index (χ4v) is 2.38. The monoisotopic (exact) mass is 311 g/mol. The van der Waals surface area contributed by atoms with E-state index >= 15 is 0 Å². The van der Waals surface area contributed by atoms with Crippen molar-refractivity contribution in [3.05, 3.63) is 5.28 Å². The van der Waals surface area contributed by atoms with Crippen LogP contribution in [0, 0.1) is 0 Å². The molecule has 0 aliphatic carbocycles. The Hall–Kier alpha value is -2.16. The zero-order valence-electron chi connectivity index (χ0n) is 11.2. The van der Waals surface area contributed by atoms with E-state index in [9.17, 15) is 9.59 Å². The number of carbonyl (C=O) groups is 2. The van der Waals surface area contributed by atoms with Crippen molar-refractivity contribution >= 4 is 35.3 Å². The minimum atomic E-state index is -0.0864. The summed E-state index contributed by atoms with van der Waals surface area (Å²) >= 11 is 5.94. The van der Waals surface area contributed by atoms with Gasteiger partial charge in [-0.15, -0.1) is 0 Å². The Labute approximate surface area is 125 Å². The van der Waals surface area contributed by atoms with Crippen molar-refractivity contribution < 1.29 is 9.59 Å². The molecule has 9 nitrogen and oxygen atoms in total. The molecule has 0 saturated carbocycles. The number of halogens is 1. The zero-order valence-corrected chi connectivity index (χ0v) is 11.9. The van der Waals surface area contributed by atoms with Gasteiger partial charge in [-0.05, 0) is 11.6 Å². The zero-order chi connectivity index (χ0) is 14.8. The number of piperazine rings is 2. The summed E-state index contributed by atoms with van der Waals surface area (Å²) in [6.07, 6.45) is 0. The number of amides is 2. The van der Waals surface area contributed by atoms with Crippen molar-refractivity contribution in [2.75, 3.05) is 49.1 Å². The fourth-order valence-electron chi connectivity index (χ4n) is 2.23. The normalized spacial score (nSPS) is 19.3. The number of nitrogens with zero attached hydrogens (tertiary/aromatic N) is 5. The maximum atomic E-state index is 11.4. The summed E-state index contributed by atoms with van der Waals surface area (Å²) in [4.78, 5) is 38.8. The van der Waals surface area contributed by atoms with Crippen molar-refractivity contribution in [3.8, 4) is 0 Å². The van der Waals surface area contributed by atoms with Crippen molar-refractivity contribution in [2.24, 2.45) is 0 Å². The number of rotatable bonds is 2. The van der Waals surface area contributed by atoms with Crippen LogP contribution in [0.25, 0.3) is 0 Å². The highest BCUT2D eigenvalue weighted by molar-refractivity contribution is 6.28. The molecule has 3 heterocycles. The molecule has 2 aliphatic rings. The second-order valence-corrected chi connectivity index (χ2v) is 5.09. The molecule has 2 aliphatic heterocycles. The van der Waals surface area contributed by atoms with E-state index < -0.39 is 0 Å². The van der Waals surface area contributed by atoms with Crippen LogP contribution in [0.15, 0.2) is 0 Å². The molecule has 0 atom stereocenters. The van der Waals surface area contributed by atoms with Gasteiger partial charge in [-0.1, -0.05) is 0 Å². The van der Waals surface area contributed by atoms with Crippen LogP contribution < -0.4 is 20.4 Å². The minimum Gasteiger partial charge on any atom is -0.353 e. The number of anilines is 2. The summed E-state index contributed by atoms with van der Waals surface area (Å²) < 4.78 is 0. The molecule has 0 bridgehead atoms. The first kappa shape index (κ1) is 13.8. The molecule has 2 amide bonds. The van der Waals surface area contributed by atoms with E-state index in [1.807, 2.05) is 0 Å². The lowest BCUT2D eigenvalue weighted by Gasteiger charge is -2.29. The van der Waals surface area contributed by atoms with Gasteiger partial charge in [0.2, 0.25) is 29.0 Å². The van der Waals surface area contributed by atoms with Gasteiger partial charge in [0.15, 0.2) is 0 Å². The largest absolute Gasteiger partial charge is 0.353 e. The Morgan fingerprint density at radius 2 is 1.33 bits per heavy atom. The van der Waals surface area contributed by atoms with E-state index in [4.69, 9.17) is 11.6 Å². The number of hydrogen-bond donors (Lipinski definition) is 2. The Balaban J connectivity index is 1.85. The first-order valence-electron chi connectivity index (χ1n) is 6.57. The number of nitrogens with one attached hydrogen (secondary N) is 2. The Morgan fingerprint density at radius 1 is 0.857 bits per heavy atom. The van der Waals surface area contributed by atoms with Crippen molar-refractivity contribution in [3.63, 3.8) is 0 Å². The topological polar surface area (TPSA) is 103 Å². The standard InChI is InChI=1S/C11H14ClN7O2/c12-9-15-10(18-3-1-13-7(20)5-18)17-11(16-9)19-4-2-14-8(21)6-19/h1-6H2,(H,13,20)(H,14,21). The molecular weight excluding hydrogens is 298 g/mol. The Bertz CT molecular complexity index is 535. The van der Waals surface area contributed by atoms with Crippen LogP contribution in [0.3, 0.4) is 0 Å². The molecular formula is C11H14ClN7O2. The van der Waals surface area contributed by atoms with Crippen LogP contribution in [0.5, 0.6) is 0 Å². The van der Waals surface area contributed by atoms with Gasteiger partial charge in [0.25, 0.3) is 0 Å². The third-order valence-corrected chi connectivity index (χ3v) is 3.40. The number of aromatic nitrogens is 3. The van der Waals surface area contributed by atoms with Crippen LogP contribution in [-0.4, -0.2) is 66.0 Å². The molecule has 1 aromatic heterocycles. The Morgan fingerprint density at radius 3 is 1.76 bits per heavy atom. The predicted octanol–water partition coefficient (Wildman–Crippen LogP) is -1.60. The summed E-state index contributed by atoms with van der Waals surface area (Å²) in [6, 6.07) is 0. The average Bonchev–Trinajstić information content (AvgIpc) is 2.46.